The van der Waals surface area contributed by atoms with Crippen molar-refractivity contribution in [3.8, 4) is 0 Å². The lowest BCUT2D eigenvalue weighted by Crippen LogP contribution is -2.11. The minimum Gasteiger partial charge on any atom is -0.481 e. The van der Waals surface area contributed by atoms with Gasteiger partial charge in [-0.3, -0.25) is 19.9 Å². The Labute approximate surface area is 125 Å². The smallest absolute Gasteiger partial charge is 0.311 e. The van der Waals surface area contributed by atoms with E-state index in [0.717, 1.165) is 0 Å². The van der Waals surface area contributed by atoms with E-state index >= 15 is 0 Å². The van der Waals surface area contributed by atoms with Crippen molar-refractivity contribution >= 4 is 28.3 Å². The van der Waals surface area contributed by atoms with Gasteiger partial charge < -0.3 is 5.11 Å². The minimum atomic E-state index is -0.880. The van der Waals surface area contributed by atoms with E-state index in [4.69, 9.17) is 0 Å². The Morgan fingerprint density at radius 1 is 1.48 bits per heavy atom. The van der Waals surface area contributed by atoms with Crippen LogP contribution in [0.15, 0.2) is 24.5 Å². The number of anilines is 1. The Hall–Kier alpha value is -2.28. The maximum Gasteiger partial charge on any atom is 0.311 e. The molecule has 2 N–H and O–H groups in total. The predicted molar refractivity (Wildman–Crippen MR) is 79.7 cm³/mol. The van der Waals surface area contributed by atoms with Crippen LogP contribution in [-0.2, 0) is 4.79 Å². The average Bonchev–Trinajstić information content (AvgIpc) is 2.81. The van der Waals surface area contributed by atoms with E-state index in [1.165, 1.54) is 17.5 Å². The number of carboxylic acids is 1. The third-order valence-electron chi connectivity index (χ3n) is 3.00. The van der Waals surface area contributed by atoms with Crippen LogP contribution in [-0.4, -0.2) is 27.0 Å². The van der Waals surface area contributed by atoms with Crippen molar-refractivity contribution < 1.29 is 14.7 Å². The Bertz CT molecular complexity index is 655. The van der Waals surface area contributed by atoms with Gasteiger partial charge in [0.2, 0.25) is 0 Å². The highest BCUT2D eigenvalue weighted by Crippen LogP contribution is 2.32. The monoisotopic (exact) mass is 305 g/mol. The van der Waals surface area contributed by atoms with Gasteiger partial charge in [-0.2, -0.15) is 0 Å². The normalized spacial score (nSPS) is 11.9. The molecule has 1 unspecified atom stereocenters. The van der Waals surface area contributed by atoms with Gasteiger partial charge in [-0.25, -0.2) is 4.98 Å². The Morgan fingerprint density at radius 2 is 2.24 bits per heavy atom. The molecule has 2 aromatic rings. The van der Waals surface area contributed by atoms with Crippen molar-refractivity contribution in [3.05, 3.63) is 40.7 Å². The van der Waals surface area contributed by atoms with Gasteiger partial charge in [-0.15, -0.1) is 11.3 Å². The number of pyridine rings is 1. The van der Waals surface area contributed by atoms with Crippen LogP contribution in [0.5, 0.6) is 0 Å². The van der Waals surface area contributed by atoms with E-state index in [1.807, 2.05) is 6.92 Å². The molecule has 2 aromatic heterocycles. The van der Waals surface area contributed by atoms with Gasteiger partial charge in [0.05, 0.1) is 17.2 Å². The third kappa shape index (κ3) is 3.43. The highest BCUT2D eigenvalue weighted by atomic mass is 32.1. The maximum atomic E-state index is 12.0. The molecule has 6 nitrogen and oxygen atoms in total. The third-order valence-corrected chi connectivity index (χ3v) is 4.19. The molecule has 21 heavy (non-hydrogen) atoms. The zero-order valence-corrected chi connectivity index (χ0v) is 12.5. The molecule has 0 spiro atoms. The van der Waals surface area contributed by atoms with Crippen LogP contribution in [0.3, 0.4) is 0 Å². The van der Waals surface area contributed by atoms with E-state index in [9.17, 15) is 14.7 Å². The molecule has 0 aliphatic rings. The van der Waals surface area contributed by atoms with Crippen molar-refractivity contribution in [2.75, 3.05) is 5.32 Å². The molecule has 0 radical (unpaired) electrons. The van der Waals surface area contributed by atoms with Gasteiger partial charge >= 0.3 is 5.97 Å². The van der Waals surface area contributed by atoms with Crippen LogP contribution in [0.2, 0.25) is 0 Å². The summed E-state index contributed by atoms with van der Waals surface area (Å²) in [6.45, 7) is 3.56. The van der Waals surface area contributed by atoms with E-state index < -0.39 is 11.9 Å². The van der Waals surface area contributed by atoms with Crippen LogP contribution < -0.4 is 5.32 Å². The average molecular weight is 305 g/mol. The molecule has 1 amide bonds. The number of hydrogen-bond donors (Lipinski definition) is 2. The molecule has 0 fully saturated rings. The van der Waals surface area contributed by atoms with Gasteiger partial charge in [0.1, 0.15) is 0 Å². The van der Waals surface area contributed by atoms with Crippen molar-refractivity contribution in [2.45, 2.75) is 26.2 Å². The summed E-state index contributed by atoms with van der Waals surface area (Å²) < 4.78 is 0. The van der Waals surface area contributed by atoms with Crippen molar-refractivity contribution in [1.29, 1.82) is 0 Å². The first-order valence-electron chi connectivity index (χ1n) is 6.44. The lowest BCUT2D eigenvalue weighted by molar-refractivity contribution is -0.138. The molecule has 0 aliphatic carbocycles. The molecular formula is C14H15N3O3S. The fourth-order valence-electron chi connectivity index (χ4n) is 1.92. The van der Waals surface area contributed by atoms with Crippen LogP contribution in [0, 0.1) is 6.92 Å². The lowest BCUT2D eigenvalue weighted by atomic mass is 10.0. The second-order valence-corrected chi connectivity index (χ2v) is 5.49. The predicted octanol–water partition coefficient (Wildman–Crippen LogP) is 2.68. The molecule has 7 heteroatoms. The first-order valence-corrected chi connectivity index (χ1v) is 7.26. The number of amides is 1. The second kappa shape index (κ2) is 6.45. The maximum absolute atomic E-state index is 12.0. The van der Waals surface area contributed by atoms with E-state index in [2.05, 4.69) is 15.3 Å². The highest BCUT2D eigenvalue weighted by molar-refractivity contribution is 7.16. The first-order chi connectivity index (χ1) is 10.0. The summed E-state index contributed by atoms with van der Waals surface area (Å²) in [6, 6.07) is 3.32. The van der Waals surface area contributed by atoms with E-state index in [1.54, 1.807) is 25.3 Å². The highest BCUT2D eigenvalue weighted by Gasteiger charge is 2.23. The molecule has 0 saturated heterocycles. The van der Waals surface area contributed by atoms with Crippen molar-refractivity contribution in [1.82, 2.24) is 9.97 Å². The zero-order valence-electron chi connectivity index (χ0n) is 11.7. The fourth-order valence-corrected chi connectivity index (χ4v) is 3.06. The molecule has 110 valence electrons. The number of carbonyl (C=O) groups is 2. The summed E-state index contributed by atoms with van der Waals surface area (Å²) in [6.07, 6.45) is 3.53. The van der Waals surface area contributed by atoms with Gasteiger partial charge in [0.15, 0.2) is 5.13 Å². The molecular weight excluding hydrogens is 290 g/mol. The SMILES string of the molecule is CCC(C(=O)O)c1sc(NC(=O)c2cccnc2)nc1C. The summed E-state index contributed by atoms with van der Waals surface area (Å²) in [4.78, 5) is 32.0. The Morgan fingerprint density at radius 3 is 2.81 bits per heavy atom. The number of carbonyl (C=O) groups excluding carboxylic acids is 1. The van der Waals surface area contributed by atoms with Crippen LogP contribution in [0.4, 0.5) is 5.13 Å². The van der Waals surface area contributed by atoms with Gasteiger partial charge in [0, 0.05) is 17.3 Å². The van der Waals surface area contributed by atoms with Gasteiger partial charge in [-0.1, -0.05) is 6.92 Å². The quantitative estimate of drug-likeness (QED) is 0.886. The number of thiazole rings is 1. The summed E-state index contributed by atoms with van der Waals surface area (Å²) in [5.74, 6) is -1.78. The van der Waals surface area contributed by atoms with Crippen LogP contribution in [0.1, 0.15) is 40.2 Å². The van der Waals surface area contributed by atoms with Gasteiger partial charge in [-0.05, 0) is 25.5 Å². The topological polar surface area (TPSA) is 92.2 Å². The van der Waals surface area contributed by atoms with E-state index in [-0.39, 0.29) is 5.91 Å². The number of aromatic nitrogens is 2. The van der Waals surface area contributed by atoms with Crippen LogP contribution >= 0.6 is 11.3 Å². The fraction of sp³-hybridized carbons (Fsp3) is 0.286. The standard InChI is InChI=1S/C14H15N3O3S/c1-3-10(13(19)20)11-8(2)16-14(21-11)17-12(18)9-5-4-6-15-7-9/h4-7,10H,3H2,1-2H3,(H,19,20)(H,16,17,18). The Kier molecular flexibility index (Phi) is 4.64. The van der Waals surface area contributed by atoms with Crippen molar-refractivity contribution in [2.24, 2.45) is 0 Å². The number of nitrogens with one attached hydrogen (secondary N) is 1. The molecule has 0 saturated carbocycles. The number of carboxylic acid groups (broad SMARTS) is 1. The summed E-state index contributed by atoms with van der Waals surface area (Å²) >= 11 is 1.20. The lowest BCUT2D eigenvalue weighted by Gasteiger charge is -2.06. The molecule has 0 bridgehead atoms. The zero-order chi connectivity index (χ0) is 15.4. The number of nitrogens with zero attached hydrogens (tertiary/aromatic N) is 2. The van der Waals surface area contributed by atoms with Crippen LogP contribution in [0.25, 0.3) is 0 Å². The molecule has 1 atom stereocenters. The van der Waals surface area contributed by atoms with Crippen molar-refractivity contribution in [3.63, 3.8) is 0 Å². The Balaban J connectivity index is 2.19. The first kappa shape index (κ1) is 15.1. The molecule has 2 rings (SSSR count). The summed E-state index contributed by atoms with van der Waals surface area (Å²) in [5, 5.41) is 12.3. The summed E-state index contributed by atoms with van der Waals surface area (Å²) in [7, 11) is 0. The second-order valence-electron chi connectivity index (χ2n) is 4.46. The number of aliphatic carboxylic acids is 1. The molecule has 0 aromatic carbocycles. The van der Waals surface area contributed by atoms with Gasteiger partial charge in [0.25, 0.3) is 5.91 Å². The summed E-state index contributed by atoms with van der Waals surface area (Å²) in [5.41, 5.74) is 1.06. The number of hydrogen-bond acceptors (Lipinski definition) is 5. The van der Waals surface area contributed by atoms with E-state index in [0.29, 0.717) is 27.7 Å². The minimum absolute atomic E-state index is 0.313. The molecule has 0 aliphatic heterocycles. The molecule has 2 heterocycles. The number of rotatable bonds is 5. The largest absolute Gasteiger partial charge is 0.481 e. The number of aryl methyl sites for hydroxylation is 1.